The molecule has 128 valence electrons. The molecule has 1 aliphatic rings. The Bertz CT molecular complexity index is 707. The molecular formula is C18H24N4OS. The van der Waals surface area contributed by atoms with E-state index < -0.39 is 0 Å². The summed E-state index contributed by atoms with van der Waals surface area (Å²) in [7, 11) is 0. The first-order valence-electron chi connectivity index (χ1n) is 8.37. The average Bonchev–Trinajstić information content (AvgIpc) is 3.07. The summed E-state index contributed by atoms with van der Waals surface area (Å²) in [6, 6.07) is 4.33. The number of anilines is 1. The second kappa shape index (κ2) is 7.40. The highest BCUT2D eigenvalue weighted by Gasteiger charge is 2.23. The molecule has 3 rings (SSSR count). The van der Waals surface area contributed by atoms with Crippen molar-refractivity contribution in [2.24, 2.45) is 5.92 Å². The zero-order valence-corrected chi connectivity index (χ0v) is 15.3. The van der Waals surface area contributed by atoms with Crippen molar-refractivity contribution in [3.63, 3.8) is 0 Å². The third kappa shape index (κ3) is 4.61. The molecule has 5 nitrogen and oxygen atoms in total. The molecule has 0 aliphatic carbocycles. The third-order valence-corrected chi connectivity index (χ3v) is 5.13. The minimum atomic E-state index is -0.0712. The maximum atomic E-state index is 11.1. The van der Waals surface area contributed by atoms with Crippen LogP contribution in [0.4, 0.5) is 5.13 Å². The molecule has 1 unspecified atom stereocenters. The number of aryl methyl sites for hydroxylation is 2. The number of aromatic nitrogens is 2. The van der Waals surface area contributed by atoms with Gasteiger partial charge in [0.15, 0.2) is 5.13 Å². The van der Waals surface area contributed by atoms with Crippen molar-refractivity contribution >= 4 is 22.4 Å². The van der Waals surface area contributed by atoms with E-state index in [1.807, 2.05) is 6.20 Å². The number of amides is 1. The van der Waals surface area contributed by atoms with E-state index >= 15 is 0 Å². The Kier molecular flexibility index (Phi) is 5.26. The van der Waals surface area contributed by atoms with E-state index in [1.165, 1.54) is 29.5 Å². The largest absolute Gasteiger partial charge is 0.302 e. The number of rotatable bonds is 5. The zero-order chi connectivity index (χ0) is 17.1. The Hall–Kier alpha value is -1.79. The number of hydrogen-bond acceptors (Lipinski definition) is 5. The molecule has 1 saturated heterocycles. The van der Waals surface area contributed by atoms with Crippen molar-refractivity contribution < 1.29 is 4.79 Å². The molecule has 1 aliphatic heterocycles. The summed E-state index contributed by atoms with van der Waals surface area (Å²) in [5.41, 5.74) is 3.61. The van der Waals surface area contributed by atoms with Crippen molar-refractivity contribution in [3.8, 4) is 0 Å². The van der Waals surface area contributed by atoms with Crippen molar-refractivity contribution in [2.45, 2.75) is 40.2 Å². The van der Waals surface area contributed by atoms with Gasteiger partial charge in [-0.05, 0) is 56.8 Å². The molecule has 6 heteroatoms. The van der Waals surface area contributed by atoms with E-state index in [4.69, 9.17) is 0 Å². The summed E-state index contributed by atoms with van der Waals surface area (Å²) >= 11 is 1.56. The van der Waals surface area contributed by atoms with Crippen molar-refractivity contribution in [1.29, 1.82) is 0 Å². The lowest BCUT2D eigenvalue weighted by atomic mass is 10.0. The lowest BCUT2D eigenvalue weighted by Gasteiger charge is -2.14. The van der Waals surface area contributed by atoms with Crippen molar-refractivity contribution in [3.05, 3.63) is 40.2 Å². The van der Waals surface area contributed by atoms with Crippen LogP contribution in [-0.4, -0.2) is 33.9 Å². The van der Waals surface area contributed by atoms with Crippen molar-refractivity contribution in [1.82, 2.24) is 14.9 Å². The molecule has 0 spiro atoms. The molecule has 0 bridgehead atoms. The quantitative estimate of drug-likeness (QED) is 0.905. The van der Waals surface area contributed by atoms with E-state index in [9.17, 15) is 4.79 Å². The van der Waals surface area contributed by atoms with Crippen LogP contribution in [0, 0.1) is 19.8 Å². The molecule has 3 heterocycles. The molecule has 0 radical (unpaired) electrons. The Morgan fingerprint density at radius 1 is 1.42 bits per heavy atom. The summed E-state index contributed by atoms with van der Waals surface area (Å²) in [5.74, 6) is 0.597. The number of thiazole rings is 1. The van der Waals surface area contributed by atoms with Crippen LogP contribution in [0.5, 0.6) is 0 Å². The van der Waals surface area contributed by atoms with Gasteiger partial charge in [-0.15, -0.1) is 11.3 Å². The van der Waals surface area contributed by atoms with Gasteiger partial charge in [0.2, 0.25) is 5.91 Å². The minimum Gasteiger partial charge on any atom is -0.302 e. The molecule has 2 aromatic rings. The van der Waals surface area contributed by atoms with E-state index in [1.54, 1.807) is 11.3 Å². The van der Waals surface area contributed by atoms with Crippen LogP contribution in [0.3, 0.4) is 0 Å². The Morgan fingerprint density at radius 2 is 2.25 bits per heavy atom. The number of carbonyl (C=O) groups excluding carboxylic acids is 1. The molecule has 1 fully saturated rings. The van der Waals surface area contributed by atoms with Gasteiger partial charge in [-0.1, -0.05) is 0 Å². The Labute approximate surface area is 147 Å². The van der Waals surface area contributed by atoms with Gasteiger partial charge < -0.3 is 5.32 Å². The number of likely N-dealkylation sites (tertiary alicyclic amines) is 1. The predicted molar refractivity (Wildman–Crippen MR) is 97.2 cm³/mol. The van der Waals surface area contributed by atoms with Gasteiger partial charge in [-0.25, -0.2) is 4.98 Å². The van der Waals surface area contributed by atoms with Crippen LogP contribution < -0.4 is 5.32 Å². The lowest BCUT2D eigenvalue weighted by molar-refractivity contribution is -0.114. The van der Waals surface area contributed by atoms with Gasteiger partial charge >= 0.3 is 0 Å². The second-order valence-corrected chi connectivity index (χ2v) is 7.80. The normalized spacial score (nSPS) is 18.0. The number of nitrogens with one attached hydrogen (secondary N) is 1. The van der Waals surface area contributed by atoms with Crippen LogP contribution in [0.1, 0.15) is 35.2 Å². The molecule has 1 N–H and O–H groups in total. The third-order valence-electron chi connectivity index (χ3n) is 4.23. The molecule has 2 aromatic heterocycles. The first-order valence-corrected chi connectivity index (χ1v) is 9.18. The fourth-order valence-electron chi connectivity index (χ4n) is 3.36. The SMILES string of the molecule is CC(=O)Nc1ncc(CN2CCC(Cc3cc(C)cc(C)n3)C2)s1. The number of nitrogens with zero attached hydrogens (tertiary/aromatic N) is 3. The first-order chi connectivity index (χ1) is 11.5. The Morgan fingerprint density at radius 3 is 3.00 bits per heavy atom. The van der Waals surface area contributed by atoms with E-state index in [0.717, 1.165) is 31.7 Å². The maximum absolute atomic E-state index is 11.1. The molecule has 1 amide bonds. The van der Waals surface area contributed by atoms with Gasteiger partial charge in [0.1, 0.15) is 0 Å². The summed E-state index contributed by atoms with van der Waals surface area (Å²) < 4.78 is 0. The fraction of sp³-hybridized carbons (Fsp3) is 0.500. The highest BCUT2D eigenvalue weighted by molar-refractivity contribution is 7.15. The maximum Gasteiger partial charge on any atom is 0.223 e. The van der Waals surface area contributed by atoms with Crippen LogP contribution >= 0.6 is 11.3 Å². The monoisotopic (exact) mass is 344 g/mol. The van der Waals surface area contributed by atoms with Gasteiger partial charge in [-0.2, -0.15) is 0 Å². The molecule has 0 aromatic carbocycles. The topological polar surface area (TPSA) is 58.1 Å². The van der Waals surface area contributed by atoms with Gasteiger partial charge in [0, 0.05) is 42.5 Å². The average molecular weight is 344 g/mol. The highest BCUT2D eigenvalue weighted by atomic mass is 32.1. The molecular weight excluding hydrogens is 320 g/mol. The van der Waals surface area contributed by atoms with E-state index in [2.05, 4.69) is 46.2 Å². The smallest absolute Gasteiger partial charge is 0.223 e. The standard InChI is InChI=1S/C18H24N4OS/c1-12-6-13(2)20-16(7-12)8-15-4-5-22(10-15)11-17-9-19-18(24-17)21-14(3)23/h6-7,9,15H,4-5,8,10-11H2,1-3H3,(H,19,21,23). The van der Waals surface area contributed by atoms with Gasteiger partial charge in [0.05, 0.1) is 0 Å². The summed E-state index contributed by atoms with van der Waals surface area (Å²) in [4.78, 5) is 23.7. The summed E-state index contributed by atoms with van der Waals surface area (Å²) in [6.45, 7) is 8.83. The molecule has 24 heavy (non-hydrogen) atoms. The molecule has 1 atom stereocenters. The van der Waals surface area contributed by atoms with Crippen LogP contribution in [0.25, 0.3) is 0 Å². The van der Waals surface area contributed by atoms with Crippen LogP contribution in [0.2, 0.25) is 0 Å². The highest BCUT2D eigenvalue weighted by Crippen LogP contribution is 2.25. The van der Waals surface area contributed by atoms with Crippen molar-refractivity contribution in [2.75, 3.05) is 18.4 Å². The predicted octanol–water partition coefficient (Wildman–Crippen LogP) is 3.18. The first kappa shape index (κ1) is 17.0. The zero-order valence-electron chi connectivity index (χ0n) is 14.5. The van der Waals surface area contributed by atoms with Crippen LogP contribution in [-0.2, 0) is 17.8 Å². The Balaban J connectivity index is 1.53. The number of pyridine rings is 1. The second-order valence-electron chi connectivity index (χ2n) is 6.68. The van der Waals surface area contributed by atoms with E-state index in [-0.39, 0.29) is 5.91 Å². The summed E-state index contributed by atoms with van der Waals surface area (Å²) in [6.07, 6.45) is 4.14. The minimum absolute atomic E-state index is 0.0712. The number of carbonyl (C=O) groups is 1. The number of hydrogen-bond donors (Lipinski definition) is 1. The lowest BCUT2D eigenvalue weighted by Crippen LogP contribution is -2.20. The van der Waals surface area contributed by atoms with Crippen LogP contribution in [0.15, 0.2) is 18.3 Å². The molecule has 0 saturated carbocycles. The summed E-state index contributed by atoms with van der Waals surface area (Å²) in [5, 5.41) is 3.43. The van der Waals surface area contributed by atoms with Gasteiger partial charge in [0.25, 0.3) is 0 Å². The van der Waals surface area contributed by atoms with E-state index in [0.29, 0.717) is 11.0 Å². The van der Waals surface area contributed by atoms with Gasteiger partial charge in [-0.3, -0.25) is 14.7 Å². The fourth-order valence-corrected chi connectivity index (χ4v) is 4.26.